The van der Waals surface area contributed by atoms with Crippen LogP contribution in [-0.4, -0.2) is 27.6 Å². The third-order valence-corrected chi connectivity index (χ3v) is 4.27. The van der Waals surface area contributed by atoms with Gasteiger partial charge in [-0.25, -0.2) is 0 Å². The Morgan fingerprint density at radius 3 is 2.83 bits per heavy atom. The highest BCUT2D eigenvalue weighted by molar-refractivity contribution is 5.92. The molecule has 0 unspecified atom stereocenters. The number of hydrogen-bond acceptors (Lipinski definition) is 3. The highest BCUT2D eigenvalue weighted by atomic mass is 16.1. The normalized spacial score (nSPS) is 14.1. The number of carbonyl (C=O) groups excluding carboxylic acids is 1. The number of fused-ring (bicyclic) bond motifs is 1. The first-order valence-electron chi connectivity index (χ1n) is 7.98. The number of amides is 1. The molecule has 2 N–H and O–H groups in total. The second-order valence-corrected chi connectivity index (χ2v) is 5.98. The fourth-order valence-corrected chi connectivity index (χ4v) is 2.80. The molecule has 2 heterocycles. The van der Waals surface area contributed by atoms with Crippen molar-refractivity contribution in [3.05, 3.63) is 59.5 Å². The number of para-hydroxylation sites is 1. The van der Waals surface area contributed by atoms with E-state index in [9.17, 15) is 4.79 Å². The molecule has 1 aromatic carbocycles. The number of nitrogens with one attached hydrogen (secondary N) is 2. The molecule has 2 aromatic heterocycles. The first-order chi connectivity index (χ1) is 11.3. The van der Waals surface area contributed by atoms with Crippen molar-refractivity contribution in [1.82, 2.24) is 20.5 Å². The van der Waals surface area contributed by atoms with E-state index in [-0.39, 0.29) is 5.91 Å². The van der Waals surface area contributed by atoms with Crippen molar-refractivity contribution in [3.8, 4) is 0 Å². The molecule has 1 saturated carbocycles. The van der Waals surface area contributed by atoms with Gasteiger partial charge < -0.3 is 10.3 Å². The number of aromatic amines is 1. The molecule has 5 nitrogen and oxygen atoms in total. The summed E-state index contributed by atoms with van der Waals surface area (Å²) in [7, 11) is 0. The first kappa shape index (κ1) is 13.9. The van der Waals surface area contributed by atoms with Crippen LogP contribution in [0.25, 0.3) is 10.9 Å². The Labute approximate surface area is 134 Å². The van der Waals surface area contributed by atoms with Crippen LogP contribution in [0.1, 0.15) is 40.5 Å². The van der Waals surface area contributed by atoms with Crippen LogP contribution in [0.5, 0.6) is 0 Å². The summed E-state index contributed by atoms with van der Waals surface area (Å²) in [5.41, 5.74) is 3.71. The van der Waals surface area contributed by atoms with Gasteiger partial charge in [-0.1, -0.05) is 18.2 Å². The molecule has 0 aliphatic heterocycles. The fourth-order valence-electron chi connectivity index (χ4n) is 2.80. The molecule has 0 radical (unpaired) electrons. The van der Waals surface area contributed by atoms with Crippen LogP contribution in [0.3, 0.4) is 0 Å². The predicted molar refractivity (Wildman–Crippen MR) is 88.3 cm³/mol. The molecule has 0 bridgehead atoms. The Bertz CT molecular complexity index is 834. The van der Waals surface area contributed by atoms with Crippen molar-refractivity contribution in [2.45, 2.75) is 25.2 Å². The molecule has 1 aliphatic carbocycles. The Hall–Kier alpha value is -2.69. The van der Waals surface area contributed by atoms with E-state index >= 15 is 0 Å². The van der Waals surface area contributed by atoms with E-state index in [0.717, 1.165) is 17.6 Å². The van der Waals surface area contributed by atoms with E-state index in [1.165, 1.54) is 23.8 Å². The SMILES string of the molecule is O=C(NCCc1c[nH]c2ccccc12)c1ccc(C2CC2)nn1. The van der Waals surface area contributed by atoms with Crippen LogP contribution in [0.4, 0.5) is 0 Å². The second kappa shape index (κ2) is 5.83. The van der Waals surface area contributed by atoms with Gasteiger partial charge in [0.05, 0.1) is 5.69 Å². The molecule has 4 rings (SSSR count). The summed E-state index contributed by atoms with van der Waals surface area (Å²) in [4.78, 5) is 15.4. The van der Waals surface area contributed by atoms with Crippen molar-refractivity contribution in [3.63, 3.8) is 0 Å². The second-order valence-electron chi connectivity index (χ2n) is 5.98. The van der Waals surface area contributed by atoms with Crippen molar-refractivity contribution in [1.29, 1.82) is 0 Å². The minimum Gasteiger partial charge on any atom is -0.361 e. The van der Waals surface area contributed by atoms with Gasteiger partial charge in [0.15, 0.2) is 5.69 Å². The number of carbonyl (C=O) groups is 1. The van der Waals surface area contributed by atoms with E-state index in [1.807, 2.05) is 24.4 Å². The van der Waals surface area contributed by atoms with Gasteiger partial charge in [0, 0.05) is 29.6 Å². The lowest BCUT2D eigenvalue weighted by molar-refractivity contribution is 0.0948. The van der Waals surface area contributed by atoms with Gasteiger partial charge in [0.2, 0.25) is 0 Å². The molecule has 1 fully saturated rings. The quantitative estimate of drug-likeness (QED) is 0.761. The van der Waals surface area contributed by atoms with Crippen molar-refractivity contribution < 1.29 is 4.79 Å². The number of aromatic nitrogens is 3. The van der Waals surface area contributed by atoms with E-state index in [2.05, 4.69) is 32.6 Å². The summed E-state index contributed by atoms with van der Waals surface area (Å²) < 4.78 is 0. The Morgan fingerprint density at radius 2 is 2.04 bits per heavy atom. The molecule has 23 heavy (non-hydrogen) atoms. The molecule has 116 valence electrons. The van der Waals surface area contributed by atoms with Crippen molar-refractivity contribution >= 4 is 16.8 Å². The highest BCUT2D eigenvalue weighted by Crippen LogP contribution is 2.38. The molecule has 0 atom stereocenters. The van der Waals surface area contributed by atoms with E-state index in [0.29, 0.717) is 18.2 Å². The summed E-state index contributed by atoms with van der Waals surface area (Å²) in [6.07, 6.45) is 5.15. The lowest BCUT2D eigenvalue weighted by atomic mass is 10.1. The third kappa shape index (κ3) is 2.95. The Balaban J connectivity index is 1.36. The third-order valence-electron chi connectivity index (χ3n) is 4.27. The van der Waals surface area contributed by atoms with E-state index in [4.69, 9.17) is 0 Å². The lowest BCUT2D eigenvalue weighted by Gasteiger charge is -2.04. The largest absolute Gasteiger partial charge is 0.361 e. The summed E-state index contributed by atoms with van der Waals surface area (Å²) in [6, 6.07) is 11.9. The molecule has 0 spiro atoms. The number of hydrogen-bond donors (Lipinski definition) is 2. The molecular weight excluding hydrogens is 288 g/mol. The molecule has 0 saturated heterocycles. The van der Waals surface area contributed by atoms with Gasteiger partial charge in [0.1, 0.15) is 0 Å². The average molecular weight is 306 g/mol. The maximum Gasteiger partial charge on any atom is 0.271 e. The summed E-state index contributed by atoms with van der Waals surface area (Å²) in [6.45, 7) is 0.576. The van der Waals surface area contributed by atoms with Crippen molar-refractivity contribution in [2.75, 3.05) is 6.54 Å². The standard InChI is InChI=1S/C18H18N4O/c23-18(17-8-7-15(21-22-17)12-5-6-12)19-10-9-13-11-20-16-4-2-1-3-14(13)16/h1-4,7-8,11-12,20H,5-6,9-10H2,(H,19,23). The van der Waals surface area contributed by atoms with Crippen LogP contribution >= 0.6 is 0 Å². The number of H-pyrrole nitrogens is 1. The smallest absolute Gasteiger partial charge is 0.271 e. The maximum atomic E-state index is 12.1. The summed E-state index contributed by atoms with van der Waals surface area (Å²) in [5, 5.41) is 12.3. The van der Waals surface area contributed by atoms with Gasteiger partial charge in [-0.3, -0.25) is 4.79 Å². The van der Waals surface area contributed by atoms with Gasteiger partial charge in [0.25, 0.3) is 5.91 Å². The number of nitrogens with zero attached hydrogens (tertiary/aromatic N) is 2. The Kier molecular flexibility index (Phi) is 3.54. The number of rotatable bonds is 5. The van der Waals surface area contributed by atoms with Crippen LogP contribution in [0.2, 0.25) is 0 Å². The topological polar surface area (TPSA) is 70.7 Å². The zero-order chi connectivity index (χ0) is 15.6. The van der Waals surface area contributed by atoms with Crippen molar-refractivity contribution in [2.24, 2.45) is 0 Å². The Morgan fingerprint density at radius 1 is 1.17 bits per heavy atom. The zero-order valence-electron chi connectivity index (χ0n) is 12.7. The summed E-state index contributed by atoms with van der Waals surface area (Å²) >= 11 is 0. The van der Waals surface area contributed by atoms with Crippen LogP contribution in [-0.2, 0) is 6.42 Å². The minimum atomic E-state index is -0.167. The van der Waals surface area contributed by atoms with Crippen LogP contribution in [0, 0.1) is 0 Å². The molecular formula is C18H18N4O. The van der Waals surface area contributed by atoms with Gasteiger partial charge in [-0.05, 0) is 43.0 Å². The monoisotopic (exact) mass is 306 g/mol. The minimum absolute atomic E-state index is 0.167. The summed E-state index contributed by atoms with van der Waals surface area (Å²) in [5.74, 6) is 0.390. The fraction of sp³-hybridized carbons (Fsp3) is 0.278. The van der Waals surface area contributed by atoms with Crippen LogP contribution < -0.4 is 5.32 Å². The molecule has 1 amide bonds. The molecule has 5 heteroatoms. The van der Waals surface area contributed by atoms with E-state index in [1.54, 1.807) is 6.07 Å². The molecule has 3 aromatic rings. The zero-order valence-corrected chi connectivity index (χ0v) is 12.7. The highest BCUT2D eigenvalue weighted by Gasteiger charge is 2.25. The maximum absolute atomic E-state index is 12.1. The average Bonchev–Trinajstić information content (AvgIpc) is 3.37. The number of benzene rings is 1. The van der Waals surface area contributed by atoms with E-state index < -0.39 is 0 Å². The first-order valence-corrected chi connectivity index (χ1v) is 7.98. The lowest BCUT2D eigenvalue weighted by Crippen LogP contribution is -2.26. The van der Waals surface area contributed by atoms with Gasteiger partial charge >= 0.3 is 0 Å². The van der Waals surface area contributed by atoms with Gasteiger partial charge in [-0.15, -0.1) is 5.10 Å². The molecule has 1 aliphatic rings. The predicted octanol–water partition coefficient (Wildman–Crippen LogP) is 2.81. The van der Waals surface area contributed by atoms with Gasteiger partial charge in [-0.2, -0.15) is 5.10 Å². The van der Waals surface area contributed by atoms with Crippen LogP contribution in [0.15, 0.2) is 42.6 Å².